The topological polar surface area (TPSA) is 140 Å². The number of β-amino-alcohol motifs (C(OH)–C–C–N with tert-alkyl or cyclic N) is 1. The number of nitrogens with zero attached hydrogens (tertiary/aromatic N) is 6. The fourth-order valence-corrected chi connectivity index (χ4v) is 6.65. The molecule has 3 saturated heterocycles. The Hall–Kier alpha value is -3.43. The zero-order valence-electron chi connectivity index (χ0n) is 22.8. The van der Waals surface area contributed by atoms with E-state index in [1.165, 1.54) is 13.1 Å². The van der Waals surface area contributed by atoms with Crippen molar-refractivity contribution in [3.8, 4) is 17.4 Å². The molecule has 3 aromatic heterocycles. The van der Waals surface area contributed by atoms with E-state index < -0.39 is 52.8 Å². The van der Waals surface area contributed by atoms with Crippen molar-refractivity contribution in [1.82, 2.24) is 24.8 Å². The summed E-state index contributed by atoms with van der Waals surface area (Å²) in [7, 11) is 0. The average molecular weight is 595 g/mol. The highest BCUT2D eigenvalue weighted by Crippen LogP contribution is 2.42. The lowest BCUT2D eigenvalue weighted by Gasteiger charge is -2.35. The van der Waals surface area contributed by atoms with Gasteiger partial charge in [-0.05, 0) is 44.4 Å². The molecular formula is C27H31F5N8O2. The number of piperidine rings is 1. The molecule has 3 aliphatic heterocycles. The number of anilines is 2. The Morgan fingerprint density at radius 2 is 1.95 bits per heavy atom. The minimum absolute atomic E-state index is 0.0499. The molecule has 15 heteroatoms. The zero-order chi connectivity index (χ0) is 30.0. The van der Waals surface area contributed by atoms with Crippen LogP contribution >= 0.6 is 0 Å². The third-order valence-corrected chi connectivity index (χ3v) is 8.38. The van der Waals surface area contributed by atoms with Crippen LogP contribution in [0.5, 0.6) is 6.01 Å². The summed E-state index contributed by atoms with van der Waals surface area (Å²) in [6.07, 6.45) is -3.27. The maximum absolute atomic E-state index is 16.3. The van der Waals surface area contributed by atoms with E-state index in [-0.39, 0.29) is 60.2 Å². The van der Waals surface area contributed by atoms with Crippen molar-refractivity contribution in [3.05, 3.63) is 29.2 Å². The summed E-state index contributed by atoms with van der Waals surface area (Å²) in [6.45, 7) is 2.68. The van der Waals surface area contributed by atoms with Crippen LogP contribution < -0.4 is 21.1 Å². The number of pyridine rings is 2. The lowest BCUT2D eigenvalue weighted by molar-refractivity contribution is -0.137. The van der Waals surface area contributed by atoms with Crippen LogP contribution in [0.4, 0.5) is 33.6 Å². The fraction of sp³-hybridized carbons (Fsp3) is 0.556. The number of hydrogen-bond acceptors (Lipinski definition) is 10. The van der Waals surface area contributed by atoms with Crippen molar-refractivity contribution in [2.75, 3.05) is 43.4 Å². The molecule has 6 heterocycles. The number of alkyl halides is 4. The number of fused-ring (bicyclic) bond motifs is 2. The first-order valence-electron chi connectivity index (χ1n) is 13.8. The van der Waals surface area contributed by atoms with Gasteiger partial charge >= 0.3 is 12.2 Å². The van der Waals surface area contributed by atoms with Gasteiger partial charge in [0.15, 0.2) is 5.82 Å². The quantitative estimate of drug-likeness (QED) is 0.378. The van der Waals surface area contributed by atoms with E-state index in [2.05, 4.69) is 19.9 Å². The van der Waals surface area contributed by atoms with Crippen LogP contribution in [0.1, 0.15) is 36.8 Å². The number of hydrogen-bond donors (Lipinski definition) is 3. The van der Waals surface area contributed by atoms with Crippen LogP contribution in [0.2, 0.25) is 0 Å². The lowest BCUT2D eigenvalue weighted by Crippen LogP contribution is -2.49. The second kappa shape index (κ2) is 10.4. The Balaban J connectivity index is 1.48. The van der Waals surface area contributed by atoms with E-state index in [1.807, 2.05) is 4.90 Å². The van der Waals surface area contributed by atoms with Crippen molar-refractivity contribution in [2.45, 2.75) is 62.6 Å². The molecule has 5 N–H and O–H groups in total. The summed E-state index contributed by atoms with van der Waals surface area (Å²) < 4.78 is 78.7. The molecule has 0 bridgehead atoms. The van der Waals surface area contributed by atoms with E-state index in [4.69, 9.17) is 16.2 Å². The number of ether oxygens (including phenoxy) is 1. The fourth-order valence-electron chi connectivity index (χ4n) is 6.65. The molecule has 4 atom stereocenters. The SMILES string of the molecule is Cc1cc(N)nc(-c2ncc3c(N4C[C@@H](N)C[C@H](O)C4)nc(OC[C@@]45CCCN4C[C@H](F)C5)nc3c2F)c1C(F)(F)F. The van der Waals surface area contributed by atoms with E-state index in [0.717, 1.165) is 19.0 Å². The number of aliphatic hydroxyl groups is 1. The van der Waals surface area contributed by atoms with Gasteiger partial charge in [0, 0.05) is 38.3 Å². The van der Waals surface area contributed by atoms with Crippen LogP contribution in [0.3, 0.4) is 0 Å². The number of rotatable bonds is 5. The predicted molar refractivity (Wildman–Crippen MR) is 144 cm³/mol. The van der Waals surface area contributed by atoms with Crippen LogP contribution in [-0.4, -0.2) is 86.6 Å². The second-order valence-corrected chi connectivity index (χ2v) is 11.5. The maximum atomic E-state index is 16.3. The molecule has 0 spiro atoms. The first kappa shape index (κ1) is 28.7. The Bertz CT molecular complexity index is 1510. The molecule has 0 aromatic carbocycles. The van der Waals surface area contributed by atoms with Gasteiger partial charge in [-0.15, -0.1) is 0 Å². The van der Waals surface area contributed by atoms with Crippen molar-refractivity contribution >= 4 is 22.5 Å². The van der Waals surface area contributed by atoms with E-state index >= 15 is 4.39 Å². The van der Waals surface area contributed by atoms with Gasteiger partial charge in [-0.1, -0.05) is 0 Å². The number of aryl methyl sites for hydroxylation is 1. The normalized spacial score (nSPS) is 26.7. The van der Waals surface area contributed by atoms with E-state index in [9.17, 15) is 22.7 Å². The molecule has 6 rings (SSSR count). The van der Waals surface area contributed by atoms with Gasteiger partial charge in [0.25, 0.3) is 0 Å². The molecule has 0 saturated carbocycles. The number of nitrogens with two attached hydrogens (primary N) is 2. The molecule has 3 fully saturated rings. The molecule has 0 radical (unpaired) electrons. The van der Waals surface area contributed by atoms with Gasteiger partial charge in [0.2, 0.25) is 0 Å². The second-order valence-electron chi connectivity index (χ2n) is 11.5. The van der Waals surface area contributed by atoms with E-state index in [1.54, 1.807) is 4.90 Å². The highest BCUT2D eigenvalue weighted by Gasteiger charge is 2.49. The van der Waals surface area contributed by atoms with E-state index in [0.29, 0.717) is 19.4 Å². The predicted octanol–water partition coefficient (Wildman–Crippen LogP) is 2.99. The minimum Gasteiger partial charge on any atom is -0.461 e. The molecule has 3 aromatic rings. The third-order valence-electron chi connectivity index (χ3n) is 8.38. The molecule has 0 unspecified atom stereocenters. The van der Waals surface area contributed by atoms with Crippen molar-refractivity contribution in [1.29, 1.82) is 0 Å². The standard InChI is InChI=1S/C27H31F5N8O2/c1-13-5-18(34)36-22(19(13)27(30,31)32)23-20(29)21-17(8-35-23)24(39-10-15(33)6-16(41)11-39)38-25(37-21)42-12-26-3-2-4-40(26)9-14(28)7-26/h5,8,14-16,41H,2-4,6-7,9-12,33H2,1H3,(H2,34,36)/t14-,15+,16+,26+/m1/s1. The van der Waals surface area contributed by atoms with Gasteiger partial charge in [-0.25, -0.2) is 13.8 Å². The Kier molecular flexibility index (Phi) is 7.09. The Labute approximate surface area is 237 Å². The first-order valence-corrected chi connectivity index (χ1v) is 13.8. The lowest BCUT2D eigenvalue weighted by atomic mass is 9.95. The summed E-state index contributed by atoms with van der Waals surface area (Å²) in [6, 6.07) is 0.400. The summed E-state index contributed by atoms with van der Waals surface area (Å²) in [4.78, 5) is 20.3. The van der Waals surface area contributed by atoms with Crippen molar-refractivity contribution < 1.29 is 31.8 Å². The van der Waals surface area contributed by atoms with Crippen LogP contribution in [-0.2, 0) is 6.18 Å². The highest BCUT2D eigenvalue weighted by atomic mass is 19.4. The molecular weight excluding hydrogens is 563 g/mol. The summed E-state index contributed by atoms with van der Waals surface area (Å²) in [5, 5.41) is 10.5. The zero-order valence-corrected chi connectivity index (χ0v) is 22.8. The summed E-state index contributed by atoms with van der Waals surface area (Å²) >= 11 is 0. The first-order chi connectivity index (χ1) is 19.8. The number of halogens is 5. The van der Waals surface area contributed by atoms with Gasteiger partial charge in [0.05, 0.1) is 22.6 Å². The van der Waals surface area contributed by atoms with Gasteiger partial charge in [0.1, 0.15) is 41.3 Å². The van der Waals surface area contributed by atoms with Crippen LogP contribution in [0.25, 0.3) is 22.3 Å². The monoisotopic (exact) mass is 594 g/mol. The molecule has 10 nitrogen and oxygen atoms in total. The Morgan fingerprint density at radius 3 is 2.69 bits per heavy atom. The molecule has 3 aliphatic rings. The average Bonchev–Trinajstić information content (AvgIpc) is 3.41. The third kappa shape index (κ3) is 5.07. The molecule has 0 aliphatic carbocycles. The van der Waals surface area contributed by atoms with Gasteiger partial charge in [-0.3, -0.25) is 9.88 Å². The van der Waals surface area contributed by atoms with Gasteiger partial charge in [-0.2, -0.15) is 23.1 Å². The smallest absolute Gasteiger partial charge is 0.418 e. The maximum Gasteiger partial charge on any atom is 0.418 e. The molecule has 226 valence electrons. The number of nitrogen functional groups attached to an aromatic ring is 1. The number of aromatic nitrogens is 4. The van der Waals surface area contributed by atoms with Crippen LogP contribution in [0, 0.1) is 12.7 Å². The molecule has 0 amide bonds. The molecule has 42 heavy (non-hydrogen) atoms. The largest absolute Gasteiger partial charge is 0.461 e. The number of aliphatic hydroxyl groups excluding tert-OH is 1. The van der Waals surface area contributed by atoms with Crippen molar-refractivity contribution in [3.63, 3.8) is 0 Å². The van der Waals surface area contributed by atoms with Crippen molar-refractivity contribution in [2.24, 2.45) is 5.73 Å². The minimum atomic E-state index is -4.86. The summed E-state index contributed by atoms with van der Waals surface area (Å²) in [5.41, 5.74) is 8.12. The highest BCUT2D eigenvalue weighted by molar-refractivity contribution is 5.92. The Morgan fingerprint density at radius 1 is 1.17 bits per heavy atom. The van der Waals surface area contributed by atoms with Crippen LogP contribution in [0.15, 0.2) is 12.3 Å². The van der Waals surface area contributed by atoms with Gasteiger partial charge < -0.3 is 26.2 Å². The summed E-state index contributed by atoms with van der Waals surface area (Å²) in [5.74, 6) is -1.25.